The number of ketones is 3. The molecule has 7 aliphatic rings. The largest absolute Gasteiger partial charge is 0.508 e. The minimum Gasteiger partial charge on any atom is -0.508 e. The van der Waals surface area contributed by atoms with Crippen LogP contribution in [0.4, 0.5) is 0 Å². The van der Waals surface area contributed by atoms with Gasteiger partial charge in [0.25, 0.3) is 6.47 Å². The third-order valence-corrected chi connectivity index (χ3v) is 20.0. The van der Waals surface area contributed by atoms with Gasteiger partial charge >= 0.3 is 0 Å². The van der Waals surface area contributed by atoms with E-state index < -0.39 is 223 Å². The van der Waals surface area contributed by atoms with Gasteiger partial charge in [0.05, 0.1) is 52.8 Å². The van der Waals surface area contributed by atoms with Gasteiger partial charge in [0.15, 0.2) is 35.5 Å². The molecule has 0 aliphatic carbocycles. The van der Waals surface area contributed by atoms with Crippen molar-refractivity contribution < 1.29 is 117 Å². The third kappa shape index (κ3) is 16.4. The summed E-state index contributed by atoms with van der Waals surface area (Å²) >= 11 is 14.3. The van der Waals surface area contributed by atoms with E-state index in [1.165, 1.54) is 63.4 Å². The van der Waals surface area contributed by atoms with Crippen molar-refractivity contribution in [3.63, 3.8) is 0 Å². The maximum Gasteiger partial charge on any atom is 0.295 e. The number of Topliss-reactive ketones (excluding diaryl/α,β-unsaturated/α-hetero) is 3. The van der Waals surface area contributed by atoms with E-state index in [9.17, 15) is 60.3 Å². The Labute approximate surface area is 606 Å². The minimum absolute atomic E-state index is 0.0609. The number of aromatic hydroxyl groups is 3. The third-order valence-electron chi connectivity index (χ3n) is 19.4. The molecule has 18 atom stereocenters. The Kier molecular flexibility index (Phi) is 24.0. The molecular formula is C72H84Cl2N6O24. The van der Waals surface area contributed by atoms with E-state index in [1.807, 2.05) is 13.8 Å². The molecule has 7 aliphatic heterocycles. The summed E-state index contributed by atoms with van der Waals surface area (Å²) < 4.78 is 44.1. The van der Waals surface area contributed by atoms with Crippen molar-refractivity contribution in [3.05, 3.63) is 116 Å². The molecule has 7 heterocycles. The Hall–Kier alpha value is -8.60. The second kappa shape index (κ2) is 32.0. The number of phenols is 3. The molecule has 17 N–H and O–H groups in total. The topological polar surface area (TPSA) is 483 Å². The number of primary amides is 1. The van der Waals surface area contributed by atoms with Crippen LogP contribution in [0, 0.1) is 17.8 Å². The number of phenolic OH excluding ortho intramolecular Hbond substituents is 3. The Morgan fingerprint density at radius 1 is 0.760 bits per heavy atom. The van der Waals surface area contributed by atoms with Gasteiger partial charge in [0.2, 0.25) is 41.9 Å². The van der Waals surface area contributed by atoms with Crippen LogP contribution < -0.4 is 46.9 Å². The van der Waals surface area contributed by atoms with E-state index in [1.54, 1.807) is 13.8 Å². The van der Waals surface area contributed by atoms with Crippen molar-refractivity contribution in [2.24, 2.45) is 29.2 Å². The molecule has 30 nitrogen and oxygen atoms in total. The second-order valence-corrected chi connectivity index (χ2v) is 28.6. The van der Waals surface area contributed by atoms with E-state index in [4.69, 9.17) is 67.8 Å². The Morgan fingerprint density at radius 3 is 1.97 bits per heavy atom. The number of rotatable bonds is 15. The van der Waals surface area contributed by atoms with Crippen LogP contribution in [0.2, 0.25) is 10.0 Å². The Balaban J connectivity index is 1.25. The van der Waals surface area contributed by atoms with Gasteiger partial charge in [-0.3, -0.25) is 38.4 Å². The van der Waals surface area contributed by atoms with E-state index >= 15 is 24.0 Å². The molecule has 0 aromatic heterocycles. The number of hydrogen-bond donors (Lipinski definition) is 15. The monoisotopic (exact) mass is 1490 g/mol. The Morgan fingerprint density at radius 2 is 1.39 bits per heavy atom. The molecule has 4 amide bonds. The number of hydrogen-bond acceptors (Lipinski definition) is 26. The zero-order valence-corrected chi connectivity index (χ0v) is 59.0. The number of ether oxygens (including phenoxy) is 7. The molecule has 104 heavy (non-hydrogen) atoms. The highest BCUT2D eigenvalue weighted by Crippen LogP contribution is 2.52. The van der Waals surface area contributed by atoms with Gasteiger partial charge in [-0.1, -0.05) is 69.1 Å². The maximum absolute atomic E-state index is 16.3. The number of amides is 4. The van der Waals surface area contributed by atoms with Crippen LogP contribution in [-0.4, -0.2) is 174 Å². The molecule has 12 rings (SSSR count). The van der Waals surface area contributed by atoms with Crippen LogP contribution in [0.1, 0.15) is 150 Å². The zero-order valence-electron chi connectivity index (χ0n) is 57.5. The molecule has 2 unspecified atom stereocenters. The van der Waals surface area contributed by atoms with Gasteiger partial charge in [-0.05, 0) is 116 Å². The Bertz CT molecular complexity index is 4140. The van der Waals surface area contributed by atoms with Gasteiger partial charge < -0.3 is 112 Å². The van der Waals surface area contributed by atoms with Crippen LogP contribution in [0.15, 0.2) is 72.8 Å². The van der Waals surface area contributed by atoms with Crippen molar-refractivity contribution in [1.29, 1.82) is 0 Å². The lowest BCUT2D eigenvalue weighted by Gasteiger charge is -2.47. The zero-order chi connectivity index (χ0) is 75.8. The van der Waals surface area contributed by atoms with Crippen molar-refractivity contribution in [1.82, 2.24) is 21.3 Å². The lowest BCUT2D eigenvalue weighted by Crippen LogP contribution is -2.64. The van der Waals surface area contributed by atoms with Crippen molar-refractivity contribution in [2.75, 3.05) is 13.7 Å². The summed E-state index contributed by atoms with van der Waals surface area (Å²) in [6.07, 6.45) is -22.8. The molecule has 5 aromatic rings. The number of aliphatic hydroxyl groups is 6. The van der Waals surface area contributed by atoms with Gasteiger partial charge in [-0.2, -0.15) is 0 Å². The first-order valence-corrected chi connectivity index (χ1v) is 34.4. The summed E-state index contributed by atoms with van der Waals surface area (Å²) in [5.74, 6) is -17.9. The number of halogens is 2. The SMILES string of the molecule is CN[C@H](CC(C)C)C(=O)NC1C(=O)C[C@@H](CC(N)=O)C(=O)N[C@H]2C(=O)C[C@H]3C(=O)C[C@H](C(=O)N[C@@H](OC=O)c4cc(O)c(C(C)C)c(O)c4-c4cc3ccc4O)[C@H](O)c3ccc(c(Cl)c3)Oc3cc2cc(c3OC2O[C@@H](CO)[C@@H](O)[C@H](O)[C@@H]2O[C@@H]2C[C@](C)(N)[C@H](O)[C@@H](C)O2)Oc2ccc(cc2Cl)[C@H]1O. The summed E-state index contributed by atoms with van der Waals surface area (Å²) in [4.78, 5) is 117. The summed E-state index contributed by atoms with van der Waals surface area (Å²) in [7, 11) is 1.50. The van der Waals surface area contributed by atoms with Gasteiger partial charge in [-0.25, -0.2) is 0 Å². The fraction of sp³-hybridized carbons (Fsp3) is 0.472. The smallest absolute Gasteiger partial charge is 0.295 e. The number of benzene rings is 5. The average molecular weight is 1490 g/mol. The lowest BCUT2D eigenvalue weighted by molar-refractivity contribution is -0.333. The fourth-order valence-electron chi connectivity index (χ4n) is 13.8. The van der Waals surface area contributed by atoms with Crippen LogP contribution in [0.5, 0.6) is 46.0 Å². The van der Waals surface area contributed by atoms with Crippen LogP contribution in [0.3, 0.4) is 0 Å². The van der Waals surface area contributed by atoms with Crippen molar-refractivity contribution >= 4 is 70.7 Å². The van der Waals surface area contributed by atoms with Gasteiger partial charge in [0.1, 0.15) is 71.0 Å². The summed E-state index contributed by atoms with van der Waals surface area (Å²) in [5, 5.41) is 116. The molecule has 2 saturated heterocycles. The van der Waals surface area contributed by atoms with Gasteiger partial charge in [-0.15, -0.1) is 0 Å². The van der Waals surface area contributed by atoms with E-state index in [0.29, 0.717) is 0 Å². The van der Waals surface area contributed by atoms with E-state index in [-0.39, 0.29) is 91.3 Å². The lowest BCUT2D eigenvalue weighted by atomic mass is 9.79. The number of aliphatic hydroxyl groups excluding tert-OH is 6. The molecule has 560 valence electrons. The highest BCUT2D eigenvalue weighted by Gasteiger charge is 2.52. The summed E-state index contributed by atoms with van der Waals surface area (Å²) in [5.41, 5.74) is 9.21. The molecular weight excluding hydrogens is 1400 g/mol. The molecule has 2 fully saturated rings. The highest BCUT2D eigenvalue weighted by atomic mass is 35.5. The first-order chi connectivity index (χ1) is 49.1. The van der Waals surface area contributed by atoms with Crippen LogP contribution in [0.25, 0.3) is 11.1 Å². The first kappa shape index (κ1) is 78.0. The quantitative estimate of drug-likeness (QED) is 0.0648. The molecule has 11 bridgehead atoms. The second-order valence-electron chi connectivity index (χ2n) is 27.8. The van der Waals surface area contributed by atoms with E-state index in [0.717, 1.165) is 30.3 Å². The molecule has 0 spiro atoms. The predicted molar refractivity (Wildman–Crippen MR) is 367 cm³/mol. The summed E-state index contributed by atoms with van der Waals surface area (Å²) in [6, 6.07) is 9.18. The standard InChI is InChI=1S/C72H84Cl2N6O24/c1-28(2)14-42(77-7)69(97)79-58-46(86)18-35(21-53(75)88)67(95)78-57-34-19-50(64(51(20-34)101-49-13-10-33(60(58)90)17-41(49)74)104-71-65(63(93)61(91)52(26-81)102-71)103-54-25-72(6,76)66(94)30(5)99-54)100-48-12-9-32(16-40(48)73)59(89)39-24-44(84)36(22-47(57)87)31-8-11-43(83)37(15-31)56-38(70(98-27-82)80-68(39)96)23-45(85)55(29(3)4)62(56)92/h8-13,15-17,19-20,23,27-30,35-36,39,42,52,54,57-61,63,65-66,70-71,77,81,83,85,89-94H,14,18,21-22,24-26,76H2,1-7H3,(H2,75,88)(H,78,95)(H,79,97)(H,80,96)/t30-,35+,36-,39+,42-,52+,54-,57-,58?,59-,60-,61-,63+,65+,66-,70+,71?,72+/m1/s1. The minimum atomic E-state index is -2.15. The number of likely N-dealkylation sites (N-methyl/N-ethyl adjacent to an activating group) is 1. The normalized spacial score (nSPS) is 29.2. The summed E-state index contributed by atoms with van der Waals surface area (Å²) in [6.45, 7) is 8.94. The molecule has 5 aromatic carbocycles. The first-order valence-electron chi connectivity index (χ1n) is 33.6. The fourth-order valence-corrected chi connectivity index (χ4v) is 14.3. The number of fused-ring (bicyclic) bond motifs is 15. The molecule has 0 radical (unpaired) electrons. The average Bonchev–Trinajstić information content (AvgIpc) is 0.770. The van der Waals surface area contributed by atoms with Crippen LogP contribution >= 0.6 is 23.2 Å². The maximum atomic E-state index is 16.3. The number of carbonyl (C=O) groups is 8. The van der Waals surface area contributed by atoms with Crippen molar-refractivity contribution in [2.45, 2.75) is 183 Å². The van der Waals surface area contributed by atoms with Crippen molar-refractivity contribution in [3.8, 4) is 57.1 Å². The van der Waals surface area contributed by atoms with E-state index in [2.05, 4.69) is 21.3 Å². The number of nitrogens with two attached hydrogens (primary N) is 2. The van der Waals surface area contributed by atoms with Crippen LogP contribution in [-0.2, 0) is 57.3 Å². The predicted octanol–water partition coefficient (Wildman–Crippen LogP) is 4.34. The molecule has 0 saturated carbocycles. The molecule has 32 heteroatoms. The van der Waals surface area contributed by atoms with Gasteiger partial charge in [0, 0.05) is 65.8 Å². The number of carbonyl (C=O) groups excluding carboxylic acids is 8. The number of nitrogens with one attached hydrogen (secondary N) is 4. The highest BCUT2D eigenvalue weighted by molar-refractivity contribution is 6.32.